The third-order valence-electron chi connectivity index (χ3n) is 9.93. The SMILES string of the molecule is CCCCCCCC/C=C\CCCCCCCC(=O)OCC(COC(=O)CCCCCCC/C=C\CCCCCCCC)OC(=O)CCCCCCC. The molecule has 0 unspecified atom stereocenters. The first-order valence-electron chi connectivity index (χ1n) is 22.8. The Morgan fingerprint density at radius 1 is 0.358 bits per heavy atom. The molecular formula is C47H86O6. The van der Waals surface area contributed by atoms with Crippen LogP contribution in [0.1, 0.15) is 239 Å². The fraction of sp³-hybridized carbons (Fsp3) is 0.851. The highest BCUT2D eigenvalue weighted by atomic mass is 16.6. The van der Waals surface area contributed by atoms with Crippen LogP contribution in [0.2, 0.25) is 0 Å². The van der Waals surface area contributed by atoms with Crippen LogP contribution in [0, 0.1) is 0 Å². The van der Waals surface area contributed by atoms with Crippen molar-refractivity contribution in [1.29, 1.82) is 0 Å². The average Bonchev–Trinajstić information content (AvgIpc) is 3.15. The number of hydrogen-bond donors (Lipinski definition) is 0. The van der Waals surface area contributed by atoms with E-state index in [9.17, 15) is 14.4 Å². The van der Waals surface area contributed by atoms with E-state index in [1.54, 1.807) is 0 Å². The number of ether oxygens (including phenoxy) is 3. The number of carbonyl (C=O) groups excluding carboxylic acids is 3. The van der Waals surface area contributed by atoms with Gasteiger partial charge in [0.2, 0.25) is 0 Å². The maximum absolute atomic E-state index is 12.5. The Labute approximate surface area is 328 Å². The molecule has 0 rings (SSSR count). The molecule has 0 aromatic heterocycles. The van der Waals surface area contributed by atoms with Crippen LogP contribution >= 0.6 is 0 Å². The van der Waals surface area contributed by atoms with Crippen molar-refractivity contribution < 1.29 is 28.6 Å². The Kier molecular flexibility index (Phi) is 40.9. The van der Waals surface area contributed by atoms with Gasteiger partial charge >= 0.3 is 17.9 Å². The zero-order valence-electron chi connectivity index (χ0n) is 35.3. The van der Waals surface area contributed by atoms with Gasteiger partial charge in [0.05, 0.1) is 0 Å². The van der Waals surface area contributed by atoms with Gasteiger partial charge < -0.3 is 14.2 Å². The lowest BCUT2D eigenvalue weighted by atomic mass is 10.1. The second kappa shape index (κ2) is 42.6. The second-order valence-corrected chi connectivity index (χ2v) is 15.3. The summed E-state index contributed by atoms with van der Waals surface area (Å²) in [5, 5.41) is 0. The van der Waals surface area contributed by atoms with E-state index in [-0.39, 0.29) is 31.1 Å². The number of hydrogen-bond acceptors (Lipinski definition) is 6. The minimum atomic E-state index is -0.769. The van der Waals surface area contributed by atoms with Crippen LogP contribution in [0.15, 0.2) is 24.3 Å². The molecule has 0 amide bonds. The standard InChI is InChI=1S/C47H86O6/c1-4-7-10-13-15-17-19-21-23-25-27-29-31-34-36-39-45(48)51-42-44(53-47(50)41-38-33-12-9-6-3)43-52-46(49)40-37-35-32-30-28-26-24-22-20-18-16-14-11-8-5-2/h21-24,44H,4-20,25-43H2,1-3H3/b23-21-,24-22-. The fourth-order valence-electron chi connectivity index (χ4n) is 6.43. The lowest BCUT2D eigenvalue weighted by molar-refractivity contribution is -0.167. The van der Waals surface area contributed by atoms with Crippen molar-refractivity contribution in [2.45, 2.75) is 245 Å². The number of unbranched alkanes of at least 4 members (excludes halogenated alkanes) is 26. The maximum atomic E-state index is 12.5. The van der Waals surface area contributed by atoms with Crippen molar-refractivity contribution in [1.82, 2.24) is 0 Å². The Balaban J connectivity index is 4.18. The van der Waals surface area contributed by atoms with Gasteiger partial charge in [0.25, 0.3) is 0 Å². The molecule has 0 aromatic carbocycles. The minimum Gasteiger partial charge on any atom is -0.462 e. The number of esters is 3. The van der Waals surface area contributed by atoms with Gasteiger partial charge in [0.15, 0.2) is 6.10 Å². The summed E-state index contributed by atoms with van der Waals surface area (Å²) in [6, 6.07) is 0. The topological polar surface area (TPSA) is 78.9 Å². The van der Waals surface area contributed by atoms with Crippen LogP contribution in [0.4, 0.5) is 0 Å². The van der Waals surface area contributed by atoms with Gasteiger partial charge in [-0.1, -0.05) is 173 Å². The molecule has 0 aliphatic rings. The van der Waals surface area contributed by atoms with Gasteiger partial charge in [0.1, 0.15) is 13.2 Å². The highest BCUT2D eigenvalue weighted by Crippen LogP contribution is 2.13. The summed E-state index contributed by atoms with van der Waals surface area (Å²) in [7, 11) is 0. The molecule has 0 saturated carbocycles. The summed E-state index contributed by atoms with van der Waals surface area (Å²) in [6.07, 6.45) is 46.2. The molecule has 0 heterocycles. The summed E-state index contributed by atoms with van der Waals surface area (Å²) in [5.41, 5.74) is 0. The van der Waals surface area contributed by atoms with Crippen molar-refractivity contribution in [3.8, 4) is 0 Å². The largest absolute Gasteiger partial charge is 0.462 e. The van der Waals surface area contributed by atoms with Gasteiger partial charge in [-0.25, -0.2) is 0 Å². The third kappa shape index (κ3) is 40.9. The van der Waals surface area contributed by atoms with Gasteiger partial charge in [0, 0.05) is 19.3 Å². The molecule has 53 heavy (non-hydrogen) atoms. The Morgan fingerprint density at radius 3 is 0.943 bits per heavy atom. The number of rotatable bonds is 41. The molecule has 0 aromatic rings. The molecular weight excluding hydrogens is 661 g/mol. The van der Waals surface area contributed by atoms with Crippen molar-refractivity contribution in [3.63, 3.8) is 0 Å². The van der Waals surface area contributed by atoms with Crippen LogP contribution in [0.25, 0.3) is 0 Å². The quantitative estimate of drug-likeness (QED) is 0.0268. The van der Waals surface area contributed by atoms with Crippen LogP contribution in [-0.2, 0) is 28.6 Å². The van der Waals surface area contributed by atoms with E-state index in [1.807, 2.05) is 0 Å². The van der Waals surface area contributed by atoms with Crippen molar-refractivity contribution in [2.24, 2.45) is 0 Å². The second-order valence-electron chi connectivity index (χ2n) is 15.3. The van der Waals surface area contributed by atoms with Crippen LogP contribution < -0.4 is 0 Å². The molecule has 0 N–H and O–H groups in total. The molecule has 0 aliphatic heterocycles. The van der Waals surface area contributed by atoms with E-state index in [0.29, 0.717) is 19.3 Å². The lowest BCUT2D eigenvalue weighted by Crippen LogP contribution is -2.30. The third-order valence-corrected chi connectivity index (χ3v) is 9.93. The monoisotopic (exact) mass is 747 g/mol. The molecule has 6 nitrogen and oxygen atoms in total. The number of carbonyl (C=O) groups is 3. The maximum Gasteiger partial charge on any atom is 0.306 e. The first kappa shape index (κ1) is 50.9. The minimum absolute atomic E-state index is 0.0772. The van der Waals surface area contributed by atoms with Gasteiger partial charge in [-0.2, -0.15) is 0 Å². The smallest absolute Gasteiger partial charge is 0.306 e. The molecule has 310 valence electrons. The summed E-state index contributed by atoms with van der Waals surface area (Å²) < 4.78 is 16.6. The Morgan fingerprint density at radius 2 is 0.623 bits per heavy atom. The highest BCUT2D eigenvalue weighted by Gasteiger charge is 2.19. The molecule has 0 saturated heterocycles. The predicted molar refractivity (Wildman–Crippen MR) is 224 cm³/mol. The molecule has 0 aliphatic carbocycles. The van der Waals surface area contributed by atoms with Gasteiger partial charge in [-0.15, -0.1) is 0 Å². The van der Waals surface area contributed by atoms with Crippen molar-refractivity contribution >= 4 is 17.9 Å². The van der Waals surface area contributed by atoms with Gasteiger partial charge in [-0.3, -0.25) is 14.4 Å². The molecule has 0 spiro atoms. The highest BCUT2D eigenvalue weighted by molar-refractivity contribution is 5.71. The van der Waals surface area contributed by atoms with Crippen molar-refractivity contribution in [3.05, 3.63) is 24.3 Å². The van der Waals surface area contributed by atoms with Gasteiger partial charge in [-0.05, 0) is 70.6 Å². The predicted octanol–water partition coefficient (Wildman–Crippen LogP) is 14.4. The number of allylic oxidation sites excluding steroid dienone is 4. The van der Waals surface area contributed by atoms with E-state index < -0.39 is 6.10 Å². The van der Waals surface area contributed by atoms with Crippen LogP contribution in [0.3, 0.4) is 0 Å². The van der Waals surface area contributed by atoms with E-state index in [1.165, 1.54) is 116 Å². The Bertz CT molecular complexity index is 809. The van der Waals surface area contributed by atoms with E-state index in [0.717, 1.165) is 83.5 Å². The van der Waals surface area contributed by atoms with Crippen LogP contribution in [0.5, 0.6) is 0 Å². The van der Waals surface area contributed by atoms with Crippen LogP contribution in [-0.4, -0.2) is 37.2 Å². The zero-order chi connectivity index (χ0) is 38.7. The Hall–Kier alpha value is -2.11. The lowest BCUT2D eigenvalue weighted by Gasteiger charge is -2.18. The fourth-order valence-corrected chi connectivity index (χ4v) is 6.43. The van der Waals surface area contributed by atoms with E-state index >= 15 is 0 Å². The first-order chi connectivity index (χ1) is 26.0. The summed E-state index contributed by atoms with van der Waals surface area (Å²) >= 11 is 0. The zero-order valence-corrected chi connectivity index (χ0v) is 35.3. The van der Waals surface area contributed by atoms with E-state index in [2.05, 4.69) is 45.1 Å². The summed E-state index contributed by atoms with van der Waals surface area (Å²) in [5.74, 6) is -0.904. The molecule has 0 bridgehead atoms. The normalized spacial score (nSPS) is 11.6. The molecule has 0 fully saturated rings. The molecule has 6 heteroatoms. The average molecular weight is 747 g/mol. The summed E-state index contributed by atoms with van der Waals surface area (Å²) in [4.78, 5) is 37.4. The summed E-state index contributed by atoms with van der Waals surface area (Å²) in [6.45, 7) is 6.53. The molecule has 0 atom stereocenters. The van der Waals surface area contributed by atoms with Crippen molar-refractivity contribution in [2.75, 3.05) is 13.2 Å². The first-order valence-corrected chi connectivity index (χ1v) is 22.8. The van der Waals surface area contributed by atoms with E-state index in [4.69, 9.17) is 14.2 Å². The molecule has 0 radical (unpaired) electrons.